The van der Waals surface area contributed by atoms with Crippen LogP contribution in [0.25, 0.3) is 0 Å². The van der Waals surface area contributed by atoms with E-state index >= 15 is 0 Å². The van der Waals surface area contributed by atoms with Gasteiger partial charge in [-0.2, -0.15) is 0 Å². The lowest BCUT2D eigenvalue weighted by atomic mass is 10.1. The maximum absolute atomic E-state index is 12.0. The van der Waals surface area contributed by atoms with Crippen LogP contribution in [0.15, 0.2) is 48.8 Å². The molecule has 0 saturated heterocycles. The van der Waals surface area contributed by atoms with Crippen molar-refractivity contribution < 1.29 is 19.1 Å². The smallest absolute Gasteiger partial charge is 0.337 e. The van der Waals surface area contributed by atoms with Crippen LogP contribution in [0.5, 0.6) is 0 Å². The zero-order chi connectivity index (χ0) is 21.7. The molecule has 3 rings (SSSR count). The van der Waals surface area contributed by atoms with E-state index in [9.17, 15) is 9.59 Å². The molecule has 0 bridgehead atoms. The fourth-order valence-electron chi connectivity index (χ4n) is 2.74. The average molecular weight is 407 g/mol. The van der Waals surface area contributed by atoms with Gasteiger partial charge in [-0.1, -0.05) is 18.2 Å². The molecule has 4 N–H and O–H groups in total. The van der Waals surface area contributed by atoms with Crippen LogP contribution >= 0.6 is 0 Å². The number of aryl methyl sites for hydroxylation is 1. The van der Waals surface area contributed by atoms with E-state index in [1.807, 2.05) is 31.2 Å². The van der Waals surface area contributed by atoms with Crippen LogP contribution in [-0.4, -0.2) is 36.1 Å². The lowest BCUT2D eigenvalue weighted by molar-refractivity contribution is 0.0599. The summed E-state index contributed by atoms with van der Waals surface area (Å²) in [5.41, 5.74) is 9.15. The summed E-state index contributed by atoms with van der Waals surface area (Å²) >= 11 is 0. The Hall–Kier alpha value is -4.14. The number of nitrogen functional groups attached to an aromatic ring is 1. The maximum Gasteiger partial charge on any atom is 0.337 e. The molecule has 30 heavy (non-hydrogen) atoms. The Morgan fingerprint density at radius 2 is 1.47 bits per heavy atom. The number of esters is 2. The summed E-state index contributed by atoms with van der Waals surface area (Å²) in [6.45, 7) is 1.96. The monoisotopic (exact) mass is 407 g/mol. The van der Waals surface area contributed by atoms with Crippen molar-refractivity contribution in [3.05, 3.63) is 65.5 Å². The number of hydrogen-bond acceptors (Lipinski definition) is 9. The minimum absolute atomic E-state index is 0.175. The number of hydrogen-bond donors (Lipinski definition) is 3. The Labute approximate surface area is 173 Å². The van der Waals surface area contributed by atoms with Crippen molar-refractivity contribution in [1.29, 1.82) is 0 Å². The van der Waals surface area contributed by atoms with Gasteiger partial charge in [0.25, 0.3) is 0 Å². The number of aromatic nitrogens is 2. The van der Waals surface area contributed by atoms with E-state index in [-0.39, 0.29) is 16.8 Å². The zero-order valence-corrected chi connectivity index (χ0v) is 16.7. The molecule has 0 atom stereocenters. The molecule has 0 fully saturated rings. The summed E-state index contributed by atoms with van der Waals surface area (Å²) in [4.78, 5) is 32.3. The number of anilines is 5. The van der Waals surface area contributed by atoms with Gasteiger partial charge in [0, 0.05) is 11.4 Å². The van der Waals surface area contributed by atoms with Gasteiger partial charge < -0.3 is 25.8 Å². The van der Waals surface area contributed by atoms with Crippen molar-refractivity contribution >= 4 is 40.6 Å². The van der Waals surface area contributed by atoms with E-state index in [2.05, 4.69) is 20.6 Å². The second kappa shape index (κ2) is 8.91. The van der Waals surface area contributed by atoms with E-state index in [4.69, 9.17) is 15.2 Å². The first-order chi connectivity index (χ1) is 14.4. The summed E-state index contributed by atoms with van der Waals surface area (Å²) in [6, 6.07) is 12.1. The molecule has 0 aliphatic carbocycles. The first-order valence-corrected chi connectivity index (χ1v) is 8.94. The summed E-state index contributed by atoms with van der Waals surface area (Å²) in [5, 5.41) is 6.20. The number of benzene rings is 2. The number of ether oxygens (including phenoxy) is 2. The molecule has 0 radical (unpaired) electrons. The van der Waals surface area contributed by atoms with Crippen molar-refractivity contribution in [2.75, 3.05) is 30.6 Å². The highest BCUT2D eigenvalue weighted by Crippen LogP contribution is 2.30. The third-order valence-electron chi connectivity index (χ3n) is 4.32. The van der Waals surface area contributed by atoms with Gasteiger partial charge in [0.1, 0.15) is 12.0 Å². The minimum Gasteiger partial charge on any atom is -0.465 e. The number of nitrogens with one attached hydrogen (secondary N) is 2. The summed E-state index contributed by atoms with van der Waals surface area (Å²) in [7, 11) is 2.51. The highest BCUT2D eigenvalue weighted by atomic mass is 16.5. The largest absolute Gasteiger partial charge is 0.465 e. The predicted octanol–water partition coefficient (Wildman–Crippen LogP) is 3.43. The van der Waals surface area contributed by atoms with E-state index < -0.39 is 11.9 Å². The molecule has 0 spiro atoms. The molecular weight excluding hydrogens is 386 g/mol. The third-order valence-corrected chi connectivity index (χ3v) is 4.32. The van der Waals surface area contributed by atoms with Gasteiger partial charge in [-0.3, -0.25) is 0 Å². The first kappa shape index (κ1) is 20.6. The number of nitrogens with zero attached hydrogens (tertiary/aromatic N) is 2. The van der Waals surface area contributed by atoms with Gasteiger partial charge in [-0.05, 0) is 36.8 Å². The molecule has 2 aromatic carbocycles. The molecule has 1 aromatic heterocycles. The SMILES string of the molecule is COC(=O)c1cc(Nc2ncnc(Nc3ccccc3C)c2N)cc(C(=O)OC)c1. The van der Waals surface area contributed by atoms with Crippen molar-refractivity contribution in [2.45, 2.75) is 6.92 Å². The molecule has 1 heterocycles. The summed E-state index contributed by atoms with van der Waals surface area (Å²) < 4.78 is 9.50. The molecule has 9 heteroatoms. The highest BCUT2D eigenvalue weighted by molar-refractivity contribution is 5.97. The van der Waals surface area contributed by atoms with E-state index in [1.54, 1.807) is 0 Å². The van der Waals surface area contributed by atoms with Crippen LogP contribution in [0.3, 0.4) is 0 Å². The van der Waals surface area contributed by atoms with Gasteiger partial charge in [-0.15, -0.1) is 0 Å². The molecule has 0 aliphatic heterocycles. The Bertz CT molecular complexity index is 1070. The number of para-hydroxylation sites is 1. The van der Waals surface area contributed by atoms with Crippen molar-refractivity contribution in [3.8, 4) is 0 Å². The van der Waals surface area contributed by atoms with Crippen molar-refractivity contribution in [3.63, 3.8) is 0 Å². The second-order valence-electron chi connectivity index (χ2n) is 6.33. The van der Waals surface area contributed by atoms with Gasteiger partial charge in [0.15, 0.2) is 11.6 Å². The van der Waals surface area contributed by atoms with Crippen LogP contribution in [0.1, 0.15) is 26.3 Å². The normalized spacial score (nSPS) is 10.2. The summed E-state index contributed by atoms with van der Waals surface area (Å²) in [5.74, 6) is -0.472. The number of methoxy groups -OCH3 is 2. The van der Waals surface area contributed by atoms with E-state index in [1.165, 1.54) is 38.7 Å². The van der Waals surface area contributed by atoms with Crippen molar-refractivity contribution in [1.82, 2.24) is 9.97 Å². The van der Waals surface area contributed by atoms with Gasteiger partial charge in [0.2, 0.25) is 0 Å². The van der Waals surface area contributed by atoms with Crippen molar-refractivity contribution in [2.24, 2.45) is 0 Å². The molecule has 9 nitrogen and oxygen atoms in total. The Morgan fingerprint density at radius 3 is 2.03 bits per heavy atom. The second-order valence-corrected chi connectivity index (χ2v) is 6.33. The molecule has 3 aromatic rings. The fraction of sp³-hybridized carbons (Fsp3) is 0.143. The highest BCUT2D eigenvalue weighted by Gasteiger charge is 2.16. The first-order valence-electron chi connectivity index (χ1n) is 8.94. The van der Waals surface area contributed by atoms with Crippen LogP contribution < -0.4 is 16.4 Å². The van der Waals surface area contributed by atoms with Crippen LogP contribution in [0.2, 0.25) is 0 Å². The van der Waals surface area contributed by atoms with Gasteiger partial charge >= 0.3 is 11.9 Å². The van der Waals surface area contributed by atoms with Crippen LogP contribution in [0.4, 0.5) is 28.7 Å². The standard InChI is InChI=1S/C21H21N5O4/c1-12-6-4-5-7-16(12)26-19-17(22)18(23-11-24-19)25-15-9-13(20(27)29-2)8-14(10-15)21(28)30-3/h4-11H,22H2,1-3H3,(H2,23,24,25,26). The molecule has 0 saturated carbocycles. The van der Waals surface area contributed by atoms with E-state index in [0.717, 1.165) is 11.3 Å². The molecule has 154 valence electrons. The van der Waals surface area contributed by atoms with E-state index in [0.29, 0.717) is 17.3 Å². The quantitative estimate of drug-likeness (QED) is 0.526. The minimum atomic E-state index is -0.596. The lowest BCUT2D eigenvalue weighted by Gasteiger charge is -2.14. The summed E-state index contributed by atoms with van der Waals surface area (Å²) in [6.07, 6.45) is 1.35. The van der Waals surface area contributed by atoms with Gasteiger partial charge in [0.05, 0.1) is 25.3 Å². The number of nitrogens with two attached hydrogens (primary N) is 1. The number of carbonyl (C=O) groups excluding carboxylic acids is 2. The Balaban J connectivity index is 1.95. The molecular formula is C21H21N5O4. The third kappa shape index (κ3) is 4.46. The topological polar surface area (TPSA) is 128 Å². The molecule has 0 aliphatic rings. The van der Waals surface area contributed by atoms with Crippen LogP contribution in [0, 0.1) is 6.92 Å². The molecule has 0 amide bonds. The average Bonchev–Trinajstić information content (AvgIpc) is 2.76. The Morgan fingerprint density at radius 1 is 0.900 bits per heavy atom. The van der Waals surface area contributed by atoms with Crippen LogP contribution in [-0.2, 0) is 9.47 Å². The molecule has 0 unspecified atom stereocenters. The fourth-order valence-corrected chi connectivity index (χ4v) is 2.74. The Kier molecular flexibility index (Phi) is 6.11. The lowest BCUT2D eigenvalue weighted by Crippen LogP contribution is -2.09. The number of carbonyl (C=O) groups is 2. The predicted molar refractivity (Wildman–Crippen MR) is 113 cm³/mol. The number of rotatable bonds is 6. The van der Waals surface area contributed by atoms with Gasteiger partial charge in [-0.25, -0.2) is 19.6 Å². The maximum atomic E-state index is 12.0. The zero-order valence-electron chi connectivity index (χ0n) is 16.7.